The molecule has 31 heavy (non-hydrogen) atoms. The molecule has 0 aromatic rings. The lowest BCUT2D eigenvalue weighted by atomic mass is 9.86. The fourth-order valence-corrected chi connectivity index (χ4v) is 2.45. The summed E-state index contributed by atoms with van der Waals surface area (Å²) in [5.41, 5.74) is 1.69. The molecule has 0 aliphatic carbocycles. The summed E-state index contributed by atoms with van der Waals surface area (Å²) < 4.78 is 10.5. The van der Waals surface area contributed by atoms with E-state index in [1.54, 1.807) is 20.8 Å². The van der Waals surface area contributed by atoms with Crippen LogP contribution in [0.25, 0.3) is 0 Å². The average Bonchev–Trinajstić information content (AvgIpc) is 2.68. The molecule has 0 radical (unpaired) electrons. The van der Waals surface area contributed by atoms with Gasteiger partial charge >= 0.3 is 6.09 Å². The van der Waals surface area contributed by atoms with Crippen molar-refractivity contribution in [1.29, 1.82) is 0 Å². The van der Waals surface area contributed by atoms with Gasteiger partial charge in [-0.3, -0.25) is 14.4 Å². The maximum Gasteiger partial charge on any atom is 0.431 e. The molecule has 0 spiro atoms. The van der Waals surface area contributed by atoms with Crippen LogP contribution in [0.5, 0.6) is 0 Å². The van der Waals surface area contributed by atoms with Gasteiger partial charge in [0.25, 0.3) is 0 Å². The van der Waals surface area contributed by atoms with Gasteiger partial charge in [0.2, 0.25) is 11.8 Å². The van der Waals surface area contributed by atoms with E-state index < -0.39 is 11.7 Å². The van der Waals surface area contributed by atoms with Crippen LogP contribution in [0.4, 0.5) is 4.79 Å². The van der Waals surface area contributed by atoms with Gasteiger partial charge in [0.1, 0.15) is 12.2 Å². The second-order valence-electron chi connectivity index (χ2n) is 8.97. The molecule has 0 aromatic carbocycles. The largest absolute Gasteiger partial charge is 0.442 e. The van der Waals surface area contributed by atoms with Crippen molar-refractivity contribution in [3.8, 4) is 0 Å². The maximum absolute atomic E-state index is 11.8. The summed E-state index contributed by atoms with van der Waals surface area (Å²) in [5, 5.41) is 5.56. The molecule has 0 aromatic heterocycles. The number of hydrogen-bond donors (Lipinski definition) is 3. The Kier molecular flexibility index (Phi) is 14.9. The summed E-state index contributed by atoms with van der Waals surface area (Å²) in [7, 11) is 0. The van der Waals surface area contributed by atoms with Gasteiger partial charge in [0.05, 0.1) is 13.2 Å². The van der Waals surface area contributed by atoms with Crippen molar-refractivity contribution < 1.29 is 28.7 Å². The van der Waals surface area contributed by atoms with Crippen LogP contribution in [0.3, 0.4) is 0 Å². The number of hydroxylamine groups is 1. The Morgan fingerprint density at radius 3 is 2.10 bits per heavy atom. The summed E-state index contributed by atoms with van der Waals surface area (Å²) in [6.45, 7) is 13.4. The van der Waals surface area contributed by atoms with E-state index >= 15 is 0 Å². The first kappa shape index (κ1) is 29.1. The van der Waals surface area contributed by atoms with Gasteiger partial charge < -0.3 is 20.1 Å². The van der Waals surface area contributed by atoms with E-state index in [2.05, 4.69) is 36.9 Å². The quantitative estimate of drug-likeness (QED) is 0.248. The lowest BCUT2D eigenvalue weighted by molar-refractivity contribution is -0.127. The molecule has 0 fully saturated rings. The highest BCUT2D eigenvalue weighted by atomic mass is 16.7. The van der Waals surface area contributed by atoms with Crippen molar-refractivity contribution in [3.63, 3.8) is 0 Å². The predicted molar refractivity (Wildman–Crippen MR) is 119 cm³/mol. The van der Waals surface area contributed by atoms with Crippen LogP contribution in [-0.2, 0) is 23.9 Å². The van der Waals surface area contributed by atoms with Crippen molar-refractivity contribution in [3.05, 3.63) is 0 Å². The highest BCUT2D eigenvalue weighted by Crippen LogP contribution is 2.25. The minimum Gasteiger partial charge on any atom is -0.442 e. The number of rotatable bonds is 16. The SMILES string of the molecule is CCC(C)(CC)COCC(=O)NCCCCCC(=O)NCCONC(=O)OC(C)(C)C. The van der Waals surface area contributed by atoms with Crippen LogP contribution in [0.2, 0.25) is 0 Å². The molecule has 0 unspecified atom stereocenters. The molecule has 0 atom stereocenters. The fraction of sp³-hybridized carbons (Fsp3) is 0.864. The van der Waals surface area contributed by atoms with Gasteiger partial charge in [-0.05, 0) is 51.9 Å². The topological polar surface area (TPSA) is 115 Å². The van der Waals surface area contributed by atoms with Crippen LogP contribution in [0.1, 0.15) is 80.1 Å². The summed E-state index contributed by atoms with van der Waals surface area (Å²) in [6.07, 6.45) is 4.17. The number of carbonyl (C=O) groups excluding carboxylic acids is 3. The second kappa shape index (κ2) is 15.9. The normalized spacial score (nSPS) is 11.7. The molecule has 0 saturated heterocycles. The molecule has 0 heterocycles. The second-order valence-corrected chi connectivity index (χ2v) is 8.97. The van der Waals surface area contributed by atoms with E-state index in [0.29, 0.717) is 26.1 Å². The molecule has 9 heteroatoms. The van der Waals surface area contributed by atoms with E-state index in [9.17, 15) is 14.4 Å². The molecule has 3 N–H and O–H groups in total. The minimum atomic E-state index is -0.669. The first-order chi connectivity index (χ1) is 14.5. The van der Waals surface area contributed by atoms with E-state index in [4.69, 9.17) is 14.3 Å². The van der Waals surface area contributed by atoms with Gasteiger partial charge in [-0.2, -0.15) is 5.48 Å². The highest BCUT2D eigenvalue weighted by molar-refractivity contribution is 5.77. The van der Waals surface area contributed by atoms with Crippen LogP contribution < -0.4 is 16.1 Å². The summed E-state index contributed by atoms with van der Waals surface area (Å²) in [5.74, 6) is -0.180. The van der Waals surface area contributed by atoms with Crippen LogP contribution >= 0.6 is 0 Å². The number of amides is 3. The van der Waals surface area contributed by atoms with Crippen molar-refractivity contribution in [2.75, 3.05) is 32.9 Å². The number of carbonyl (C=O) groups is 3. The zero-order valence-electron chi connectivity index (χ0n) is 20.2. The number of hydrogen-bond acceptors (Lipinski definition) is 6. The van der Waals surface area contributed by atoms with Crippen molar-refractivity contribution in [1.82, 2.24) is 16.1 Å². The Balaban J connectivity index is 3.57. The van der Waals surface area contributed by atoms with Crippen LogP contribution in [-0.4, -0.2) is 56.4 Å². The summed E-state index contributed by atoms with van der Waals surface area (Å²) in [6, 6.07) is 0. The molecule has 182 valence electrons. The highest BCUT2D eigenvalue weighted by Gasteiger charge is 2.20. The van der Waals surface area contributed by atoms with Gasteiger partial charge in [-0.1, -0.05) is 27.2 Å². The number of unbranched alkanes of at least 4 members (excludes halogenated alkanes) is 2. The van der Waals surface area contributed by atoms with Crippen LogP contribution in [0, 0.1) is 5.41 Å². The third-order valence-corrected chi connectivity index (χ3v) is 4.87. The molecule has 0 aliphatic rings. The predicted octanol–water partition coefficient (Wildman–Crippen LogP) is 3.08. The van der Waals surface area contributed by atoms with E-state index in [0.717, 1.165) is 32.1 Å². The Morgan fingerprint density at radius 1 is 0.839 bits per heavy atom. The van der Waals surface area contributed by atoms with E-state index in [1.807, 2.05) is 0 Å². The molecule has 0 saturated carbocycles. The molecular formula is C22H43N3O6. The van der Waals surface area contributed by atoms with Gasteiger partial charge in [-0.25, -0.2) is 4.79 Å². The zero-order valence-corrected chi connectivity index (χ0v) is 20.2. The van der Waals surface area contributed by atoms with E-state index in [-0.39, 0.29) is 30.4 Å². The smallest absolute Gasteiger partial charge is 0.431 e. The molecular weight excluding hydrogens is 402 g/mol. The third kappa shape index (κ3) is 17.5. The van der Waals surface area contributed by atoms with Gasteiger partial charge in [0.15, 0.2) is 0 Å². The maximum atomic E-state index is 11.8. The fourth-order valence-electron chi connectivity index (χ4n) is 2.45. The van der Waals surface area contributed by atoms with Crippen molar-refractivity contribution >= 4 is 17.9 Å². The van der Waals surface area contributed by atoms with E-state index in [1.165, 1.54) is 0 Å². The minimum absolute atomic E-state index is 0.0757. The van der Waals surface area contributed by atoms with Crippen molar-refractivity contribution in [2.24, 2.45) is 5.41 Å². The standard InChI is InChI=1S/C22H43N3O6/c1-7-22(6,8-2)17-29-16-19(27)23-13-11-9-10-12-18(26)24-14-15-30-25-20(28)31-21(3,4)5/h7-17H2,1-6H3,(H,23,27)(H,24,26)(H,25,28). The molecule has 0 bridgehead atoms. The number of ether oxygens (including phenoxy) is 2. The number of nitrogens with one attached hydrogen (secondary N) is 3. The first-order valence-corrected chi connectivity index (χ1v) is 11.2. The van der Waals surface area contributed by atoms with Crippen molar-refractivity contribution in [2.45, 2.75) is 85.7 Å². The van der Waals surface area contributed by atoms with Crippen LogP contribution in [0.15, 0.2) is 0 Å². The molecule has 0 aliphatic heterocycles. The molecule has 3 amide bonds. The Bertz CT molecular complexity index is 530. The molecule has 0 rings (SSSR count). The zero-order chi connectivity index (χ0) is 23.8. The summed E-state index contributed by atoms with van der Waals surface area (Å²) in [4.78, 5) is 39.8. The summed E-state index contributed by atoms with van der Waals surface area (Å²) >= 11 is 0. The lowest BCUT2D eigenvalue weighted by Gasteiger charge is -2.25. The Morgan fingerprint density at radius 2 is 1.48 bits per heavy atom. The average molecular weight is 446 g/mol. The first-order valence-electron chi connectivity index (χ1n) is 11.2. The Labute approximate surface area is 187 Å². The Hall–Kier alpha value is -1.87. The monoisotopic (exact) mass is 445 g/mol. The molecule has 9 nitrogen and oxygen atoms in total. The van der Waals surface area contributed by atoms with Gasteiger partial charge in [0, 0.05) is 19.5 Å². The third-order valence-electron chi connectivity index (χ3n) is 4.87. The van der Waals surface area contributed by atoms with Gasteiger partial charge in [-0.15, -0.1) is 0 Å². The lowest BCUT2D eigenvalue weighted by Crippen LogP contribution is -2.35.